The van der Waals surface area contributed by atoms with Gasteiger partial charge in [0.15, 0.2) is 0 Å². The Kier molecular flexibility index (Phi) is 3.99. The predicted molar refractivity (Wildman–Crippen MR) is 66.9 cm³/mol. The van der Waals surface area contributed by atoms with Crippen LogP contribution in [0, 0.1) is 5.41 Å². The Bertz CT molecular complexity index is 451. The molecule has 2 N–H and O–H groups in total. The molecular formula is C11H16ClNO2S. The number of hydrogen-bond acceptors (Lipinski definition) is 2. The van der Waals surface area contributed by atoms with Crippen LogP contribution in [0.15, 0.2) is 24.3 Å². The van der Waals surface area contributed by atoms with E-state index in [-0.39, 0.29) is 11.2 Å². The van der Waals surface area contributed by atoms with Crippen molar-refractivity contribution in [2.24, 2.45) is 10.6 Å². The first-order valence-electron chi connectivity index (χ1n) is 4.93. The molecule has 0 aliphatic rings. The van der Waals surface area contributed by atoms with E-state index in [9.17, 15) is 8.42 Å². The maximum absolute atomic E-state index is 11.0. The Morgan fingerprint density at radius 3 is 2.19 bits per heavy atom. The van der Waals surface area contributed by atoms with Gasteiger partial charge in [-0.1, -0.05) is 37.6 Å². The number of primary sulfonamides is 1. The van der Waals surface area contributed by atoms with Crippen LogP contribution >= 0.6 is 11.6 Å². The summed E-state index contributed by atoms with van der Waals surface area (Å²) in [4.78, 5) is 0. The fraction of sp³-hybridized carbons (Fsp3) is 0.455. The van der Waals surface area contributed by atoms with Crippen molar-refractivity contribution in [2.45, 2.75) is 20.3 Å². The van der Waals surface area contributed by atoms with Crippen LogP contribution in [0.3, 0.4) is 0 Å². The first-order valence-corrected chi connectivity index (χ1v) is 7.02. The summed E-state index contributed by atoms with van der Waals surface area (Å²) in [7, 11) is -3.44. The van der Waals surface area contributed by atoms with Crippen molar-refractivity contribution in [3.63, 3.8) is 0 Å². The number of sulfonamides is 1. The van der Waals surface area contributed by atoms with Gasteiger partial charge in [0.1, 0.15) is 0 Å². The zero-order valence-corrected chi connectivity index (χ0v) is 11.0. The normalized spacial score (nSPS) is 12.8. The third kappa shape index (κ3) is 4.96. The first kappa shape index (κ1) is 13.5. The van der Waals surface area contributed by atoms with Crippen molar-refractivity contribution in [3.05, 3.63) is 34.9 Å². The average Bonchev–Trinajstić information content (AvgIpc) is 2.04. The molecule has 0 saturated heterocycles. The summed E-state index contributed by atoms with van der Waals surface area (Å²) < 4.78 is 22.1. The Hall–Kier alpha value is -0.580. The van der Waals surface area contributed by atoms with Gasteiger partial charge in [-0.25, -0.2) is 13.6 Å². The molecule has 0 amide bonds. The zero-order chi connectivity index (χ0) is 12.4. The SMILES string of the molecule is CC(C)(Cc1ccc(Cl)cc1)CS(N)(=O)=O. The minimum absolute atomic E-state index is 0.0252. The average molecular weight is 262 g/mol. The van der Waals surface area contributed by atoms with Crippen LogP contribution in [0.1, 0.15) is 19.4 Å². The molecule has 0 fully saturated rings. The van der Waals surface area contributed by atoms with E-state index in [1.54, 1.807) is 12.1 Å². The lowest BCUT2D eigenvalue weighted by molar-refractivity contribution is 0.409. The highest BCUT2D eigenvalue weighted by atomic mass is 35.5. The highest BCUT2D eigenvalue weighted by molar-refractivity contribution is 7.89. The third-order valence-electron chi connectivity index (χ3n) is 2.19. The molecule has 0 radical (unpaired) electrons. The minimum atomic E-state index is -3.44. The van der Waals surface area contributed by atoms with Crippen molar-refractivity contribution < 1.29 is 8.42 Å². The Balaban J connectivity index is 2.76. The highest BCUT2D eigenvalue weighted by Gasteiger charge is 2.24. The minimum Gasteiger partial charge on any atom is -0.229 e. The third-order valence-corrected chi connectivity index (χ3v) is 3.62. The maximum Gasteiger partial charge on any atom is 0.209 e. The number of halogens is 1. The van der Waals surface area contributed by atoms with Crippen molar-refractivity contribution in [3.8, 4) is 0 Å². The van der Waals surface area contributed by atoms with E-state index in [2.05, 4.69) is 0 Å². The molecule has 0 heterocycles. The van der Waals surface area contributed by atoms with Crippen molar-refractivity contribution in [1.29, 1.82) is 0 Å². The summed E-state index contributed by atoms with van der Waals surface area (Å²) in [5, 5.41) is 5.72. The Morgan fingerprint density at radius 2 is 1.75 bits per heavy atom. The second kappa shape index (κ2) is 4.73. The molecule has 90 valence electrons. The molecule has 1 rings (SSSR count). The van der Waals surface area contributed by atoms with Gasteiger partial charge in [-0.05, 0) is 29.5 Å². The molecule has 1 aromatic carbocycles. The smallest absolute Gasteiger partial charge is 0.209 e. The van der Waals surface area contributed by atoms with Gasteiger partial charge in [0.05, 0.1) is 5.75 Å². The first-order chi connectivity index (χ1) is 7.18. The monoisotopic (exact) mass is 261 g/mol. The van der Waals surface area contributed by atoms with E-state index < -0.39 is 10.0 Å². The molecule has 0 unspecified atom stereocenters. The van der Waals surface area contributed by atoms with Crippen LogP contribution in [-0.2, 0) is 16.4 Å². The molecule has 0 aromatic heterocycles. The van der Waals surface area contributed by atoms with Crippen LogP contribution in [0.25, 0.3) is 0 Å². The largest absolute Gasteiger partial charge is 0.229 e. The van der Waals surface area contributed by atoms with Crippen LogP contribution in [0.4, 0.5) is 0 Å². The van der Waals surface area contributed by atoms with Crippen molar-refractivity contribution >= 4 is 21.6 Å². The van der Waals surface area contributed by atoms with Gasteiger partial charge in [-0.15, -0.1) is 0 Å². The van der Waals surface area contributed by atoms with Gasteiger partial charge in [0.25, 0.3) is 0 Å². The fourth-order valence-electron chi connectivity index (χ4n) is 1.75. The lowest BCUT2D eigenvalue weighted by Gasteiger charge is -2.23. The van der Waals surface area contributed by atoms with Gasteiger partial charge in [-0.2, -0.15) is 0 Å². The quantitative estimate of drug-likeness (QED) is 0.903. The molecule has 0 aliphatic heterocycles. The molecule has 0 aliphatic carbocycles. The number of rotatable bonds is 4. The predicted octanol–water partition coefficient (Wildman–Crippen LogP) is 2.20. The second-order valence-corrected chi connectivity index (χ2v) is 6.83. The van der Waals surface area contributed by atoms with Gasteiger partial charge in [-0.3, -0.25) is 0 Å². The summed E-state index contributed by atoms with van der Waals surface area (Å²) in [5.41, 5.74) is 0.680. The van der Waals surface area contributed by atoms with Crippen molar-refractivity contribution in [1.82, 2.24) is 0 Å². The van der Waals surface area contributed by atoms with Crippen LogP contribution < -0.4 is 5.14 Å². The lowest BCUT2D eigenvalue weighted by atomic mass is 9.88. The van der Waals surface area contributed by atoms with Gasteiger partial charge < -0.3 is 0 Å². The van der Waals surface area contributed by atoms with E-state index in [0.717, 1.165) is 5.56 Å². The van der Waals surface area contributed by atoms with E-state index >= 15 is 0 Å². The molecule has 0 bridgehead atoms. The van der Waals surface area contributed by atoms with Crippen LogP contribution in [0.5, 0.6) is 0 Å². The van der Waals surface area contributed by atoms with Gasteiger partial charge in [0.2, 0.25) is 10.0 Å². The van der Waals surface area contributed by atoms with Gasteiger partial charge in [0, 0.05) is 5.02 Å². The standard InChI is InChI=1S/C11H16ClNO2S/c1-11(2,8-16(13,14)15)7-9-3-5-10(12)6-4-9/h3-6H,7-8H2,1-2H3,(H2,13,14,15). The second-order valence-electron chi connectivity index (χ2n) is 4.77. The van der Waals surface area contributed by atoms with Crippen molar-refractivity contribution in [2.75, 3.05) is 5.75 Å². The van der Waals surface area contributed by atoms with E-state index in [1.165, 1.54) is 0 Å². The zero-order valence-electron chi connectivity index (χ0n) is 9.40. The highest BCUT2D eigenvalue weighted by Crippen LogP contribution is 2.24. The van der Waals surface area contributed by atoms with Gasteiger partial charge >= 0.3 is 0 Å². The Morgan fingerprint density at radius 1 is 1.25 bits per heavy atom. The summed E-state index contributed by atoms with van der Waals surface area (Å²) >= 11 is 5.77. The fourth-order valence-corrected chi connectivity index (χ4v) is 3.07. The Labute approximate surface area is 102 Å². The van der Waals surface area contributed by atoms with E-state index in [0.29, 0.717) is 11.4 Å². The molecule has 3 nitrogen and oxygen atoms in total. The molecule has 0 atom stereocenters. The maximum atomic E-state index is 11.0. The summed E-state index contributed by atoms with van der Waals surface area (Å²) in [6.07, 6.45) is 0.653. The van der Waals surface area contributed by atoms with E-state index in [4.69, 9.17) is 16.7 Å². The number of hydrogen-bond donors (Lipinski definition) is 1. The molecule has 0 saturated carbocycles. The molecular weight excluding hydrogens is 246 g/mol. The van der Waals surface area contributed by atoms with E-state index in [1.807, 2.05) is 26.0 Å². The lowest BCUT2D eigenvalue weighted by Crippen LogP contribution is -2.30. The summed E-state index contributed by atoms with van der Waals surface area (Å²) in [6.45, 7) is 3.76. The summed E-state index contributed by atoms with van der Waals surface area (Å²) in [5.74, 6) is -0.0252. The number of nitrogens with two attached hydrogens (primary N) is 1. The van der Waals surface area contributed by atoms with Crippen LogP contribution in [0.2, 0.25) is 5.02 Å². The molecule has 5 heteroatoms. The summed E-state index contributed by atoms with van der Waals surface area (Å²) in [6, 6.07) is 7.38. The van der Waals surface area contributed by atoms with Crippen LogP contribution in [-0.4, -0.2) is 14.2 Å². The molecule has 0 spiro atoms. The number of benzene rings is 1. The molecule has 16 heavy (non-hydrogen) atoms. The topological polar surface area (TPSA) is 60.2 Å². The molecule has 1 aromatic rings.